The summed E-state index contributed by atoms with van der Waals surface area (Å²) < 4.78 is 0. The summed E-state index contributed by atoms with van der Waals surface area (Å²) in [7, 11) is 0. The third kappa shape index (κ3) is 2.66. The Morgan fingerprint density at radius 3 is 2.60 bits per heavy atom. The van der Waals surface area contributed by atoms with Crippen LogP contribution in [0.25, 0.3) is 0 Å². The van der Waals surface area contributed by atoms with Gasteiger partial charge in [-0.25, -0.2) is 0 Å². The Morgan fingerprint density at radius 2 is 1.93 bits per heavy atom. The summed E-state index contributed by atoms with van der Waals surface area (Å²) in [6.45, 7) is 7.93. The molecule has 0 radical (unpaired) electrons. The van der Waals surface area contributed by atoms with Crippen LogP contribution < -0.4 is 5.32 Å². The standard InChI is InChI=1S/C13H19N.ClH/c1-13(2,3)11-6-7-12-10(9-11)5-4-8-14-12;/h6-7,9,14H,4-5,8H2,1-3H3;1H. The summed E-state index contributed by atoms with van der Waals surface area (Å²) in [5, 5.41) is 3.44. The van der Waals surface area contributed by atoms with Crippen LogP contribution in [-0.2, 0) is 11.8 Å². The van der Waals surface area contributed by atoms with Gasteiger partial charge in [0.05, 0.1) is 0 Å². The Morgan fingerprint density at radius 1 is 1.20 bits per heavy atom. The quantitative estimate of drug-likeness (QED) is 0.709. The lowest BCUT2D eigenvalue weighted by molar-refractivity contribution is 0.588. The van der Waals surface area contributed by atoms with E-state index in [4.69, 9.17) is 0 Å². The first-order chi connectivity index (χ1) is 6.57. The molecule has 0 atom stereocenters. The van der Waals surface area contributed by atoms with Crippen LogP contribution in [0.15, 0.2) is 18.2 Å². The normalized spacial score (nSPS) is 14.9. The predicted octanol–water partition coefficient (Wildman–Crippen LogP) is 3.76. The van der Waals surface area contributed by atoms with Gasteiger partial charge in [0.2, 0.25) is 0 Å². The highest BCUT2D eigenvalue weighted by molar-refractivity contribution is 5.85. The van der Waals surface area contributed by atoms with Crippen molar-refractivity contribution in [3.8, 4) is 0 Å². The van der Waals surface area contributed by atoms with E-state index >= 15 is 0 Å². The van der Waals surface area contributed by atoms with Crippen molar-refractivity contribution in [2.24, 2.45) is 0 Å². The number of benzene rings is 1. The summed E-state index contributed by atoms with van der Waals surface area (Å²) in [6, 6.07) is 6.84. The molecular weight excluding hydrogens is 206 g/mol. The van der Waals surface area contributed by atoms with Gasteiger partial charge in [0.25, 0.3) is 0 Å². The number of nitrogens with one attached hydrogen (secondary N) is 1. The number of rotatable bonds is 0. The van der Waals surface area contributed by atoms with Gasteiger partial charge in [-0.2, -0.15) is 0 Å². The molecule has 0 spiro atoms. The third-order valence-corrected chi connectivity index (χ3v) is 2.91. The Kier molecular flexibility index (Phi) is 3.67. The van der Waals surface area contributed by atoms with Gasteiger partial charge in [0.1, 0.15) is 0 Å². The maximum Gasteiger partial charge on any atom is 0.0372 e. The maximum absolute atomic E-state index is 3.44. The van der Waals surface area contributed by atoms with E-state index in [-0.39, 0.29) is 17.8 Å². The van der Waals surface area contributed by atoms with Gasteiger partial charge in [-0.15, -0.1) is 12.4 Å². The van der Waals surface area contributed by atoms with Crippen LogP contribution in [0.2, 0.25) is 0 Å². The molecule has 1 aromatic carbocycles. The van der Waals surface area contributed by atoms with E-state index < -0.39 is 0 Å². The van der Waals surface area contributed by atoms with E-state index in [0.717, 1.165) is 6.54 Å². The molecule has 1 heterocycles. The van der Waals surface area contributed by atoms with Crippen molar-refractivity contribution in [3.63, 3.8) is 0 Å². The first-order valence-electron chi connectivity index (χ1n) is 5.45. The third-order valence-electron chi connectivity index (χ3n) is 2.91. The molecule has 0 bridgehead atoms. The molecule has 1 N–H and O–H groups in total. The van der Waals surface area contributed by atoms with Crippen molar-refractivity contribution >= 4 is 18.1 Å². The highest BCUT2D eigenvalue weighted by atomic mass is 35.5. The van der Waals surface area contributed by atoms with Gasteiger partial charge in [0, 0.05) is 12.2 Å². The van der Waals surface area contributed by atoms with E-state index in [9.17, 15) is 0 Å². The minimum absolute atomic E-state index is 0. The van der Waals surface area contributed by atoms with Crippen molar-refractivity contribution < 1.29 is 0 Å². The van der Waals surface area contributed by atoms with E-state index in [1.165, 1.54) is 29.7 Å². The lowest BCUT2D eigenvalue weighted by atomic mass is 9.85. The van der Waals surface area contributed by atoms with Crippen LogP contribution in [-0.4, -0.2) is 6.54 Å². The van der Waals surface area contributed by atoms with Crippen LogP contribution >= 0.6 is 12.4 Å². The predicted molar refractivity (Wildman–Crippen MR) is 69.2 cm³/mol. The molecule has 84 valence electrons. The molecule has 2 heteroatoms. The van der Waals surface area contributed by atoms with Crippen molar-refractivity contribution in [3.05, 3.63) is 29.3 Å². The molecular formula is C13H20ClN. The molecule has 0 saturated carbocycles. The summed E-state index contributed by atoms with van der Waals surface area (Å²) in [6.07, 6.45) is 2.49. The van der Waals surface area contributed by atoms with Gasteiger partial charge < -0.3 is 5.32 Å². The van der Waals surface area contributed by atoms with Crippen LogP contribution in [0, 0.1) is 0 Å². The largest absolute Gasteiger partial charge is 0.385 e. The minimum Gasteiger partial charge on any atom is -0.385 e. The van der Waals surface area contributed by atoms with Crippen molar-refractivity contribution in [1.82, 2.24) is 0 Å². The van der Waals surface area contributed by atoms with E-state index in [1.807, 2.05) is 0 Å². The van der Waals surface area contributed by atoms with Crippen molar-refractivity contribution in [2.45, 2.75) is 39.0 Å². The second-order valence-electron chi connectivity index (χ2n) is 5.15. The zero-order valence-corrected chi connectivity index (χ0v) is 10.6. The summed E-state index contributed by atoms with van der Waals surface area (Å²) >= 11 is 0. The zero-order valence-electron chi connectivity index (χ0n) is 9.76. The fraction of sp³-hybridized carbons (Fsp3) is 0.538. The average Bonchev–Trinajstić information content (AvgIpc) is 2.16. The monoisotopic (exact) mass is 225 g/mol. The number of hydrogen-bond acceptors (Lipinski definition) is 1. The second-order valence-corrected chi connectivity index (χ2v) is 5.15. The van der Waals surface area contributed by atoms with Gasteiger partial charge in [-0.05, 0) is 35.4 Å². The summed E-state index contributed by atoms with van der Waals surface area (Å²) in [5.41, 5.74) is 4.54. The van der Waals surface area contributed by atoms with E-state index in [2.05, 4.69) is 44.3 Å². The number of hydrogen-bond donors (Lipinski definition) is 1. The number of halogens is 1. The molecule has 0 unspecified atom stereocenters. The van der Waals surface area contributed by atoms with Crippen LogP contribution in [0.4, 0.5) is 5.69 Å². The SMILES string of the molecule is CC(C)(C)c1ccc2c(c1)CCCN2.Cl. The Labute approximate surface area is 98.7 Å². The zero-order chi connectivity index (χ0) is 10.2. The molecule has 0 saturated heterocycles. The molecule has 1 aliphatic rings. The molecule has 1 nitrogen and oxygen atoms in total. The van der Waals surface area contributed by atoms with Crippen molar-refractivity contribution in [1.29, 1.82) is 0 Å². The van der Waals surface area contributed by atoms with Gasteiger partial charge in [-0.1, -0.05) is 32.9 Å². The maximum atomic E-state index is 3.44. The molecule has 0 amide bonds. The van der Waals surface area contributed by atoms with Gasteiger partial charge in [0.15, 0.2) is 0 Å². The first kappa shape index (κ1) is 12.4. The van der Waals surface area contributed by atoms with E-state index in [0.29, 0.717) is 0 Å². The van der Waals surface area contributed by atoms with Crippen LogP contribution in [0.5, 0.6) is 0 Å². The Hall–Kier alpha value is -0.690. The fourth-order valence-corrected chi connectivity index (χ4v) is 1.94. The fourth-order valence-electron chi connectivity index (χ4n) is 1.94. The average molecular weight is 226 g/mol. The smallest absolute Gasteiger partial charge is 0.0372 e. The molecule has 15 heavy (non-hydrogen) atoms. The second kappa shape index (κ2) is 4.44. The highest BCUT2D eigenvalue weighted by Gasteiger charge is 2.16. The first-order valence-corrected chi connectivity index (χ1v) is 5.45. The molecule has 1 aromatic rings. The van der Waals surface area contributed by atoms with Crippen LogP contribution in [0.3, 0.4) is 0 Å². The lowest BCUT2D eigenvalue weighted by Crippen LogP contribution is -2.15. The van der Waals surface area contributed by atoms with Crippen LogP contribution in [0.1, 0.15) is 38.3 Å². The summed E-state index contributed by atoms with van der Waals surface area (Å²) in [4.78, 5) is 0. The molecule has 2 rings (SSSR count). The summed E-state index contributed by atoms with van der Waals surface area (Å²) in [5.74, 6) is 0. The number of anilines is 1. The lowest BCUT2D eigenvalue weighted by Gasteiger charge is -2.24. The van der Waals surface area contributed by atoms with Crippen molar-refractivity contribution in [2.75, 3.05) is 11.9 Å². The molecule has 0 fully saturated rings. The van der Waals surface area contributed by atoms with Gasteiger partial charge >= 0.3 is 0 Å². The molecule has 1 aliphatic heterocycles. The molecule has 0 aliphatic carbocycles. The molecule has 0 aromatic heterocycles. The Bertz CT molecular complexity index is 339. The minimum atomic E-state index is 0. The Balaban J connectivity index is 0.00000112. The highest BCUT2D eigenvalue weighted by Crippen LogP contribution is 2.29. The number of fused-ring (bicyclic) bond motifs is 1. The topological polar surface area (TPSA) is 12.0 Å². The van der Waals surface area contributed by atoms with E-state index in [1.54, 1.807) is 0 Å². The number of aryl methyl sites for hydroxylation is 1. The van der Waals surface area contributed by atoms with Gasteiger partial charge in [-0.3, -0.25) is 0 Å².